The van der Waals surface area contributed by atoms with Crippen molar-refractivity contribution in [1.29, 1.82) is 0 Å². The van der Waals surface area contributed by atoms with Crippen LogP contribution in [-0.2, 0) is 0 Å². The molecule has 0 unspecified atom stereocenters. The van der Waals surface area contributed by atoms with Crippen LogP contribution in [0.5, 0.6) is 0 Å². The summed E-state index contributed by atoms with van der Waals surface area (Å²) in [6.07, 6.45) is 0.972. The number of ketones is 2. The quantitative estimate of drug-likeness (QED) is 0.738. The fourth-order valence-corrected chi connectivity index (χ4v) is 3.34. The molecule has 0 saturated carbocycles. The van der Waals surface area contributed by atoms with Crippen molar-refractivity contribution in [2.24, 2.45) is 0 Å². The number of carbonyl (C=O) groups excluding carboxylic acids is 2. The van der Waals surface area contributed by atoms with Crippen molar-refractivity contribution in [3.05, 3.63) is 58.7 Å². The summed E-state index contributed by atoms with van der Waals surface area (Å²) in [5.41, 5.74) is 3.65. The first kappa shape index (κ1) is 16.2. The second kappa shape index (κ2) is 6.11. The molecule has 1 aliphatic rings. The summed E-state index contributed by atoms with van der Waals surface area (Å²) in [6.45, 7) is 2.93. The van der Waals surface area contributed by atoms with Gasteiger partial charge in [0.05, 0.1) is 11.1 Å². The molecule has 24 heavy (non-hydrogen) atoms. The summed E-state index contributed by atoms with van der Waals surface area (Å²) in [7, 11) is 5.75. The molecule has 0 amide bonds. The summed E-state index contributed by atoms with van der Waals surface area (Å²) in [6, 6.07) is 11.0. The monoisotopic (exact) mass is 322 g/mol. The van der Waals surface area contributed by atoms with Crippen LogP contribution in [-0.4, -0.2) is 39.3 Å². The van der Waals surface area contributed by atoms with Gasteiger partial charge >= 0.3 is 0 Å². The molecule has 124 valence electrons. The molecular weight excluding hydrogens is 300 g/mol. The number of hydrogen-bond acceptors (Lipinski definition) is 4. The van der Waals surface area contributed by atoms with E-state index < -0.39 is 0 Å². The lowest BCUT2D eigenvalue weighted by molar-refractivity contribution is 0.0980. The molecule has 0 saturated heterocycles. The summed E-state index contributed by atoms with van der Waals surface area (Å²) in [4.78, 5) is 30.2. The summed E-state index contributed by atoms with van der Waals surface area (Å²) < 4.78 is 0. The number of hydrogen-bond donors (Lipinski definition) is 0. The zero-order valence-electron chi connectivity index (χ0n) is 14.6. The number of anilines is 2. The van der Waals surface area contributed by atoms with E-state index in [1.54, 1.807) is 24.3 Å². The van der Waals surface area contributed by atoms with Crippen LogP contribution in [0.15, 0.2) is 36.4 Å². The van der Waals surface area contributed by atoms with Gasteiger partial charge in [0.2, 0.25) is 0 Å². The Morgan fingerprint density at radius 2 is 1.29 bits per heavy atom. The van der Waals surface area contributed by atoms with E-state index in [-0.39, 0.29) is 11.6 Å². The number of benzene rings is 2. The van der Waals surface area contributed by atoms with Crippen molar-refractivity contribution >= 4 is 22.9 Å². The molecule has 0 N–H and O–H groups in total. The average molecular weight is 322 g/mol. The Kier molecular flexibility index (Phi) is 4.14. The first-order chi connectivity index (χ1) is 11.5. The lowest BCUT2D eigenvalue weighted by atomic mass is 9.82. The Hall–Kier alpha value is -2.62. The first-order valence-electron chi connectivity index (χ1n) is 8.21. The van der Waals surface area contributed by atoms with Crippen molar-refractivity contribution in [2.75, 3.05) is 37.5 Å². The van der Waals surface area contributed by atoms with Crippen LogP contribution in [0.1, 0.15) is 45.2 Å². The second-order valence-corrected chi connectivity index (χ2v) is 6.37. The lowest BCUT2D eigenvalue weighted by Gasteiger charge is -2.29. The van der Waals surface area contributed by atoms with Gasteiger partial charge in [-0.25, -0.2) is 0 Å². The minimum Gasteiger partial charge on any atom is -0.377 e. The first-order valence-corrected chi connectivity index (χ1v) is 8.21. The van der Waals surface area contributed by atoms with Gasteiger partial charge < -0.3 is 9.80 Å². The van der Waals surface area contributed by atoms with Crippen LogP contribution < -0.4 is 9.80 Å². The molecule has 0 fully saturated rings. The van der Waals surface area contributed by atoms with Gasteiger partial charge in [0.25, 0.3) is 0 Å². The molecule has 0 heterocycles. The van der Waals surface area contributed by atoms with E-state index in [0.29, 0.717) is 22.3 Å². The highest BCUT2D eigenvalue weighted by molar-refractivity contribution is 6.32. The Morgan fingerprint density at radius 3 is 1.79 bits per heavy atom. The number of fused-ring (bicyclic) bond motifs is 2. The van der Waals surface area contributed by atoms with E-state index in [0.717, 1.165) is 24.3 Å². The van der Waals surface area contributed by atoms with Gasteiger partial charge in [0.1, 0.15) is 0 Å². The molecule has 1 aliphatic carbocycles. The Bertz CT molecular complexity index is 824. The van der Waals surface area contributed by atoms with Crippen molar-refractivity contribution < 1.29 is 9.59 Å². The van der Waals surface area contributed by atoms with E-state index in [4.69, 9.17) is 0 Å². The maximum atomic E-state index is 13.2. The average Bonchev–Trinajstić information content (AvgIpc) is 2.58. The van der Waals surface area contributed by atoms with Gasteiger partial charge in [-0.1, -0.05) is 31.2 Å². The molecule has 4 heteroatoms. The number of rotatable bonds is 4. The predicted octanol–water partition coefficient (Wildman–Crippen LogP) is 3.37. The van der Waals surface area contributed by atoms with Crippen molar-refractivity contribution in [1.82, 2.24) is 0 Å². The predicted molar refractivity (Wildman–Crippen MR) is 97.6 cm³/mol. The largest absolute Gasteiger partial charge is 0.377 e. The maximum absolute atomic E-state index is 13.2. The van der Waals surface area contributed by atoms with Crippen molar-refractivity contribution in [3.8, 4) is 0 Å². The third kappa shape index (κ3) is 2.39. The van der Waals surface area contributed by atoms with Gasteiger partial charge in [0, 0.05) is 50.2 Å². The normalized spacial score (nSPS) is 12.7. The summed E-state index contributed by atoms with van der Waals surface area (Å²) in [5.74, 6) is -0.141. The van der Waals surface area contributed by atoms with Crippen LogP contribution in [0.4, 0.5) is 11.4 Å². The van der Waals surface area contributed by atoms with Gasteiger partial charge in [-0.2, -0.15) is 0 Å². The molecule has 3 rings (SSSR count). The molecule has 0 spiro atoms. The number of nitrogens with zero attached hydrogens (tertiary/aromatic N) is 2. The van der Waals surface area contributed by atoms with Crippen LogP contribution in [0.2, 0.25) is 0 Å². The highest BCUT2D eigenvalue weighted by atomic mass is 16.1. The summed E-state index contributed by atoms with van der Waals surface area (Å²) in [5, 5.41) is 0. The van der Waals surface area contributed by atoms with E-state index in [2.05, 4.69) is 11.8 Å². The molecule has 2 aromatic carbocycles. The van der Waals surface area contributed by atoms with E-state index in [9.17, 15) is 9.59 Å². The SMILES string of the molecule is CCCN(C)c1ccc(N(C)C)c2c1C(=O)c1ccccc1C2=O. The zero-order chi connectivity index (χ0) is 17.4. The minimum atomic E-state index is -0.0735. The molecule has 0 atom stereocenters. The highest BCUT2D eigenvalue weighted by Crippen LogP contribution is 2.38. The molecule has 0 bridgehead atoms. The van der Waals surface area contributed by atoms with Crippen LogP contribution in [0.3, 0.4) is 0 Å². The molecule has 0 radical (unpaired) electrons. The van der Waals surface area contributed by atoms with Gasteiger partial charge in [-0.05, 0) is 18.6 Å². The molecular formula is C20H22N2O2. The van der Waals surface area contributed by atoms with Crippen LogP contribution >= 0.6 is 0 Å². The fourth-order valence-electron chi connectivity index (χ4n) is 3.34. The summed E-state index contributed by atoms with van der Waals surface area (Å²) >= 11 is 0. The topological polar surface area (TPSA) is 40.6 Å². The molecule has 2 aromatic rings. The van der Waals surface area contributed by atoms with E-state index >= 15 is 0 Å². The Balaban J connectivity index is 2.31. The third-order valence-electron chi connectivity index (χ3n) is 4.48. The molecule has 0 aromatic heterocycles. The van der Waals surface area contributed by atoms with Crippen molar-refractivity contribution in [3.63, 3.8) is 0 Å². The fraction of sp³-hybridized carbons (Fsp3) is 0.300. The Labute approximate surface area is 142 Å². The van der Waals surface area contributed by atoms with Crippen LogP contribution in [0, 0.1) is 0 Å². The van der Waals surface area contributed by atoms with E-state index in [1.165, 1.54) is 0 Å². The standard InChI is InChI=1S/C20H22N2O2/c1-5-12-22(4)16-11-10-15(21(2)3)17-18(16)20(24)14-9-7-6-8-13(14)19(17)23/h6-11H,5,12H2,1-4H3. The van der Waals surface area contributed by atoms with E-state index in [1.807, 2.05) is 38.2 Å². The van der Waals surface area contributed by atoms with Gasteiger partial charge in [-0.15, -0.1) is 0 Å². The van der Waals surface area contributed by atoms with Gasteiger partial charge in [-0.3, -0.25) is 9.59 Å². The second-order valence-electron chi connectivity index (χ2n) is 6.37. The highest BCUT2D eigenvalue weighted by Gasteiger charge is 2.34. The Morgan fingerprint density at radius 1 is 0.792 bits per heavy atom. The maximum Gasteiger partial charge on any atom is 0.196 e. The molecule has 0 aliphatic heterocycles. The minimum absolute atomic E-state index is 0.0677. The lowest BCUT2D eigenvalue weighted by Crippen LogP contribution is -2.28. The smallest absolute Gasteiger partial charge is 0.196 e. The third-order valence-corrected chi connectivity index (χ3v) is 4.48. The number of carbonyl (C=O) groups is 2. The van der Waals surface area contributed by atoms with Gasteiger partial charge in [0.15, 0.2) is 11.6 Å². The van der Waals surface area contributed by atoms with Crippen LogP contribution in [0.25, 0.3) is 0 Å². The molecule has 4 nitrogen and oxygen atoms in total. The van der Waals surface area contributed by atoms with Crippen molar-refractivity contribution in [2.45, 2.75) is 13.3 Å². The zero-order valence-corrected chi connectivity index (χ0v) is 14.6.